The summed E-state index contributed by atoms with van der Waals surface area (Å²) in [6, 6.07) is 0. The molecule has 21 heavy (non-hydrogen) atoms. The van der Waals surface area contributed by atoms with Crippen LogP contribution in [0.5, 0.6) is 0 Å². The van der Waals surface area contributed by atoms with Crippen LogP contribution in [0.2, 0.25) is 0 Å². The number of nitrogens with two attached hydrogens (primary N) is 1. The maximum atomic E-state index is 12.0. The van der Waals surface area contributed by atoms with Gasteiger partial charge in [0.15, 0.2) is 0 Å². The second-order valence-corrected chi connectivity index (χ2v) is 5.50. The number of carbonyl (C=O) groups is 3. The molecule has 1 unspecified atom stereocenters. The van der Waals surface area contributed by atoms with Gasteiger partial charge >= 0.3 is 5.97 Å². The summed E-state index contributed by atoms with van der Waals surface area (Å²) in [6.45, 7) is 4.96. The highest BCUT2D eigenvalue weighted by Crippen LogP contribution is 2.31. The van der Waals surface area contributed by atoms with Crippen molar-refractivity contribution in [1.82, 2.24) is 9.78 Å². The summed E-state index contributed by atoms with van der Waals surface area (Å²) in [6.07, 6.45) is 2.67. The summed E-state index contributed by atoms with van der Waals surface area (Å²) in [7, 11) is 0. The maximum Gasteiger partial charge on any atom is 0.310 e. The van der Waals surface area contributed by atoms with Crippen molar-refractivity contribution in [2.24, 2.45) is 17.1 Å². The van der Waals surface area contributed by atoms with Crippen LogP contribution in [0.15, 0.2) is 12.4 Å². The van der Waals surface area contributed by atoms with Crippen LogP contribution in [-0.4, -0.2) is 32.7 Å². The molecule has 0 fully saturated rings. The molecule has 0 radical (unpaired) electrons. The normalized spacial score (nSPS) is 13.7. The second kappa shape index (κ2) is 6.38. The van der Waals surface area contributed by atoms with E-state index in [2.05, 4.69) is 10.4 Å². The molecule has 0 spiro atoms. The monoisotopic (exact) mass is 296 g/mol. The Morgan fingerprint density at radius 2 is 2.10 bits per heavy atom. The fourth-order valence-corrected chi connectivity index (χ4v) is 1.74. The number of aliphatic carboxylic acids is 1. The third kappa shape index (κ3) is 4.30. The van der Waals surface area contributed by atoms with Gasteiger partial charge in [0.05, 0.1) is 17.3 Å². The van der Waals surface area contributed by atoms with Crippen molar-refractivity contribution in [2.75, 3.05) is 5.32 Å². The molecule has 0 aromatic carbocycles. The van der Waals surface area contributed by atoms with E-state index < -0.39 is 23.2 Å². The predicted molar refractivity (Wildman–Crippen MR) is 75.2 cm³/mol. The third-order valence-corrected chi connectivity index (χ3v) is 3.53. The van der Waals surface area contributed by atoms with Crippen molar-refractivity contribution in [3.8, 4) is 0 Å². The van der Waals surface area contributed by atoms with Crippen molar-refractivity contribution >= 4 is 23.5 Å². The highest BCUT2D eigenvalue weighted by Gasteiger charge is 2.38. The Hall–Kier alpha value is -2.38. The lowest BCUT2D eigenvalue weighted by Gasteiger charge is -2.28. The summed E-state index contributed by atoms with van der Waals surface area (Å²) in [4.78, 5) is 34.0. The van der Waals surface area contributed by atoms with Gasteiger partial charge < -0.3 is 16.2 Å². The molecule has 1 aromatic rings. The zero-order valence-corrected chi connectivity index (χ0v) is 12.3. The molecule has 1 atom stereocenters. The van der Waals surface area contributed by atoms with Gasteiger partial charge in [-0.25, -0.2) is 0 Å². The molecule has 0 aliphatic heterocycles. The number of nitrogens with one attached hydrogen (secondary N) is 1. The molecule has 2 amide bonds. The van der Waals surface area contributed by atoms with Crippen molar-refractivity contribution in [1.29, 1.82) is 0 Å². The van der Waals surface area contributed by atoms with Gasteiger partial charge in [-0.3, -0.25) is 19.1 Å². The lowest BCUT2D eigenvalue weighted by Crippen LogP contribution is -2.37. The molecule has 116 valence electrons. The van der Waals surface area contributed by atoms with E-state index in [1.165, 1.54) is 24.0 Å². The second-order valence-electron chi connectivity index (χ2n) is 5.50. The van der Waals surface area contributed by atoms with E-state index in [-0.39, 0.29) is 18.9 Å². The number of rotatable bonds is 7. The van der Waals surface area contributed by atoms with Crippen LogP contribution >= 0.6 is 0 Å². The van der Waals surface area contributed by atoms with Crippen LogP contribution in [0, 0.1) is 11.3 Å². The van der Waals surface area contributed by atoms with E-state index in [1.807, 2.05) is 0 Å². The smallest absolute Gasteiger partial charge is 0.310 e. The van der Waals surface area contributed by atoms with Gasteiger partial charge in [-0.2, -0.15) is 5.10 Å². The van der Waals surface area contributed by atoms with Crippen molar-refractivity contribution in [2.45, 2.75) is 33.7 Å². The average Bonchev–Trinajstić information content (AvgIpc) is 2.74. The number of aromatic nitrogens is 2. The molecule has 0 aliphatic rings. The Morgan fingerprint density at radius 3 is 2.57 bits per heavy atom. The van der Waals surface area contributed by atoms with Crippen LogP contribution in [-0.2, 0) is 20.9 Å². The van der Waals surface area contributed by atoms with Gasteiger partial charge in [-0.1, -0.05) is 13.8 Å². The first kappa shape index (κ1) is 16.7. The van der Waals surface area contributed by atoms with Gasteiger partial charge in [-0.15, -0.1) is 0 Å². The topological polar surface area (TPSA) is 127 Å². The molecule has 0 saturated heterocycles. The molecule has 1 aromatic heterocycles. The van der Waals surface area contributed by atoms with Gasteiger partial charge in [0.2, 0.25) is 11.8 Å². The lowest BCUT2D eigenvalue weighted by atomic mass is 9.76. The Bertz CT molecular complexity index is 552. The molecule has 1 rings (SSSR count). The number of primary amides is 1. The van der Waals surface area contributed by atoms with Gasteiger partial charge in [-0.05, 0) is 12.8 Å². The van der Waals surface area contributed by atoms with Gasteiger partial charge in [0.1, 0.15) is 6.54 Å². The van der Waals surface area contributed by atoms with Gasteiger partial charge in [0.25, 0.3) is 0 Å². The molecular weight excluding hydrogens is 276 g/mol. The van der Waals surface area contributed by atoms with E-state index in [4.69, 9.17) is 5.73 Å². The minimum atomic E-state index is -1.15. The summed E-state index contributed by atoms with van der Waals surface area (Å²) in [5.41, 5.74) is 4.27. The van der Waals surface area contributed by atoms with Crippen molar-refractivity contribution in [3.63, 3.8) is 0 Å². The van der Waals surface area contributed by atoms with E-state index in [0.29, 0.717) is 5.69 Å². The SMILES string of the molecule is CC(C)C(C)(CC(=O)Nc1cnn(CC(N)=O)c1)C(=O)O. The first-order chi connectivity index (χ1) is 9.65. The molecule has 0 aliphatic carbocycles. The molecule has 8 heteroatoms. The van der Waals surface area contributed by atoms with E-state index in [1.54, 1.807) is 13.8 Å². The van der Waals surface area contributed by atoms with E-state index >= 15 is 0 Å². The number of anilines is 1. The number of carboxylic acid groups (broad SMARTS) is 1. The number of nitrogens with zero attached hydrogens (tertiary/aromatic N) is 2. The Morgan fingerprint density at radius 1 is 1.48 bits per heavy atom. The molecule has 0 bridgehead atoms. The maximum absolute atomic E-state index is 12.0. The first-order valence-electron chi connectivity index (χ1n) is 6.49. The van der Waals surface area contributed by atoms with Crippen LogP contribution in [0.25, 0.3) is 0 Å². The van der Waals surface area contributed by atoms with E-state index in [0.717, 1.165) is 0 Å². The fraction of sp³-hybridized carbons (Fsp3) is 0.538. The summed E-state index contributed by atoms with van der Waals surface area (Å²) in [5, 5.41) is 15.7. The lowest BCUT2D eigenvalue weighted by molar-refractivity contribution is -0.153. The number of hydrogen-bond acceptors (Lipinski definition) is 4. The summed E-state index contributed by atoms with van der Waals surface area (Å²) in [5.74, 6) is -2.18. The number of hydrogen-bond donors (Lipinski definition) is 3. The Labute approximate surface area is 122 Å². The number of carboxylic acids is 1. The van der Waals surface area contributed by atoms with Crippen LogP contribution in [0.3, 0.4) is 0 Å². The van der Waals surface area contributed by atoms with Crippen LogP contribution in [0.1, 0.15) is 27.2 Å². The van der Waals surface area contributed by atoms with Crippen LogP contribution in [0.4, 0.5) is 5.69 Å². The predicted octanol–water partition coefficient (Wildman–Crippen LogP) is 0.444. The molecular formula is C13H20N4O4. The standard InChI is InChI=1S/C13H20N4O4/c1-8(2)13(3,12(20)21)4-11(19)16-9-5-15-17(6-9)7-10(14)18/h5-6,8H,4,7H2,1-3H3,(H2,14,18)(H,16,19)(H,20,21). The molecule has 1 heterocycles. The van der Waals surface area contributed by atoms with Crippen LogP contribution < -0.4 is 11.1 Å². The molecule has 8 nitrogen and oxygen atoms in total. The Kier molecular flexibility index (Phi) is 5.07. The fourth-order valence-electron chi connectivity index (χ4n) is 1.74. The van der Waals surface area contributed by atoms with E-state index in [9.17, 15) is 19.5 Å². The largest absolute Gasteiger partial charge is 0.481 e. The average molecular weight is 296 g/mol. The molecule has 0 saturated carbocycles. The quantitative estimate of drug-likeness (QED) is 0.673. The minimum Gasteiger partial charge on any atom is -0.481 e. The highest BCUT2D eigenvalue weighted by atomic mass is 16.4. The minimum absolute atomic E-state index is 0.0886. The van der Waals surface area contributed by atoms with Crippen molar-refractivity contribution in [3.05, 3.63) is 12.4 Å². The Balaban J connectivity index is 2.71. The van der Waals surface area contributed by atoms with Gasteiger partial charge in [0, 0.05) is 12.6 Å². The number of amides is 2. The highest BCUT2D eigenvalue weighted by molar-refractivity contribution is 5.94. The summed E-state index contributed by atoms with van der Waals surface area (Å²) < 4.78 is 1.29. The van der Waals surface area contributed by atoms with Crippen molar-refractivity contribution < 1.29 is 19.5 Å². The number of carbonyl (C=O) groups excluding carboxylic acids is 2. The molecule has 4 N–H and O–H groups in total. The summed E-state index contributed by atoms with van der Waals surface area (Å²) >= 11 is 0. The first-order valence-corrected chi connectivity index (χ1v) is 6.49. The third-order valence-electron chi connectivity index (χ3n) is 3.53. The zero-order chi connectivity index (χ0) is 16.2. The zero-order valence-electron chi connectivity index (χ0n) is 12.3.